The molecule has 3 rings (SSSR count). The Bertz CT molecular complexity index is 467. The lowest BCUT2D eigenvalue weighted by atomic mass is 10.2. The summed E-state index contributed by atoms with van der Waals surface area (Å²) >= 11 is 0. The number of amides is 1. The monoisotopic (exact) mass is 279 g/mol. The van der Waals surface area contributed by atoms with E-state index in [-0.39, 0.29) is 5.91 Å². The van der Waals surface area contributed by atoms with E-state index in [2.05, 4.69) is 25.0 Å². The van der Waals surface area contributed by atoms with Crippen molar-refractivity contribution in [2.45, 2.75) is 32.4 Å². The van der Waals surface area contributed by atoms with Crippen molar-refractivity contribution in [1.82, 2.24) is 25.0 Å². The molecule has 0 saturated carbocycles. The summed E-state index contributed by atoms with van der Waals surface area (Å²) < 4.78 is 7.40. The Kier molecular flexibility index (Phi) is 4.27. The number of fused-ring (bicyclic) bond motifs is 1. The topological polar surface area (TPSA) is 72.3 Å². The van der Waals surface area contributed by atoms with Gasteiger partial charge in [0, 0.05) is 26.1 Å². The molecule has 0 spiro atoms. The van der Waals surface area contributed by atoms with Gasteiger partial charge in [0.2, 0.25) is 5.91 Å². The number of carbonyl (C=O) groups is 1. The third kappa shape index (κ3) is 3.16. The molecule has 0 aliphatic carbocycles. The largest absolute Gasteiger partial charge is 0.379 e. The first-order chi connectivity index (χ1) is 9.83. The number of aromatic nitrogens is 3. The van der Waals surface area contributed by atoms with Gasteiger partial charge in [0.05, 0.1) is 26.3 Å². The van der Waals surface area contributed by atoms with Gasteiger partial charge in [0.15, 0.2) is 5.82 Å². The molecule has 1 fully saturated rings. The molecule has 20 heavy (non-hydrogen) atoms. The molecular weight excluding hydrogens is 258 g/mol. The average Bonchev–Trinajstić information content (AvgIpc) is 2.89. The van der Waals surface area contributed by atoms with Gasteiger partial charge in [-0.15, -0.1) is 10.2 Å². The quantitative estimate of drug-likeness (QED) is 0.809. The van der Waals surface area contributed by atoms with E-state index < -0.39 is 0 Å². The molecule has 0 unspecified atom stereocenters. The zero-order valence-corrected chi connectivity index (χ0v) is 11.7. The molecule has 7 nitrogen and oxygen atoms in total. The molecule has 1 amide bonds. The van der Waals surface area contributed by atoms with E-state index in [9.17, 15) is 4.79 Å². The molecule has 0 radical (unpaired) electrons. The van der Waals surface area contributed by atoms with Gasteiger partial charge < -0.3 is 14.6 Å². The molecule has 110 valence electrons. The first-order valence-corrected chi connectivity index (χ1v) is 7.31. The molecule has 7 heteroatoms. The van der Waals surface area contributed by atoms with Crippen molar-refractivity contribution in [1.29, 1.82) is 0 Å². The predicted molar refractivity (Wildman–Crippen MR) is 72.1 cm³/mol. The van der Waals surface area contributed by atoms with Crippen LogP contribution in [0.25, 0.3) is 0 Å². The van der Waals surface area contributed by atoms with Crippen LogP contribution in [-0.4, -0.2) is 58.4 Å². The Hall–Kier alpha value is -1.47. The zero-order chi connectivity index (χ0) is 13.8. The van der Waals surface area contributed by atoms with Crippen LogP contribution in [0.4, 0.5) is 0 Å². The second kappa shape index (κ2) is 6.32. The highest BCUT2D eigenvalue weighted by Gasteiger charge is 2.17. The smallest absolute Gasteiger partial charge is 0.234 e. The van der Waals surface area contributed by atoms with Crippen LogP contribution in [0.5, 0.6) is 0 Å². The molecule has 0 atom stereocenters. The van der Waals surface area contributed by atoms with Gasteiger partial charge in [-0.05, 0) is 12.8 Å². The number of hydrogen-bond acceptors (Lipinski definition) is 5. The van der Waals surface area contributed by atoms with Gasteiger partial charge in [0.25, 0.3) is 0 Å². The number of ether oxygens (including phenoxy) is 1. The van der Waals surface area contributed by atoms with Crippen molar-refractivity contribution in [3.8, 4) is 0 Å². The molecule has 1 aromatic heterocycles. The summed E-state index contributed by atoms with van der Waals surface area (Å²) in [5, 5.41) is 11.3. The lowest BCUT2D eigenvalue weighted by Gasteiger charge is -2.25. The second-order valence-electron chi connectivity index (χ2n) is 5.31. The van der Waals surface area contributed by atoms with E-state index in [1.54, 1.807) is 0 Å². The van der Waals surface area contributed by atoms with Crippen LogP contribution in [0.2, 0.25) is 0 Å². The Balaban J connectivity index is 1.49. The molecular formula is C13H21N5O2. The van der Waals surface area contributed by atoms with E-state index in [4.69, 9.17) is 4.74 Å². The molecule has 2 aliphatic rings. The standard InChI is InChI=1S/C13H21N5O2/c19-13(10-17-5-7-20-8-6-17)14-9-12-16-15-11-3-1-2-4-18(11)12/h1-10H2,(H,14,19). The summed E-state index contributed by atoms with van der Waals surface area (Å²) in [6.45, 7) is 4.95. The van der Waals surface area contributed by atoms with Crippen LogP contribution in [0, 0.1) is 0 Å². The molecule has 1 N–H and O–H groups in total. The normalized spacial score (nSPS) is 19.6. The summed E-state index contributed by atoms with van der Waals surface area (Å²) in [5.41, 5.74) is 0. The summed E-state index contributed by atoms with van der Waals surface area (Å²) in [6.07, 6.45) is 3.34. The van der Waals surface area contributed by atoms with Crippen molar-refractivity contribution < 1.29 is 9.53 Å². The van der Waals surface area contributed by atoms with Crippen molar-refractivity contribution in [2.75, 3.05) is 32.8 Å². The highest BCUT2D eigenvalue weighted by atomic mass is 16.5. The van der Waals surface area contributed by atoms with E-state index in [0.29, 0.717) is 26.3 Å². The highest BCUT2D eigenvalue weighted by molar-refractivity contribution is 5.77. The van der Waals surface area contributed by atoms with Gasteiger partial charge in [-0.2, -0.15) is 0 Å². The summed E-state index contributed by atoms with van der Waals surface area (Å²) in [6, 6.07) is 0. The van der Waals surface area contributed by atoms with Gasteiger partial charge in [0.1, 0.15) is 5.82 Å². The van der Waals surface area contributed by atoms with Crippen LogP contribution in [-0.2, 0) is 29.0 Å². The van der Waals surface area contributed by atoms with Crippen LogP contribution in [0.3, 0.4) is 0 Å². The average molecular weight is 279 g/mol. The number of carbonyl (C=O) groups excluding carboxylic acids is 1. The third-order valence-electron chi connectivity index (χ3n) is 3.85. The van der Waals surface area contributed by atoms with Crippen molar-refractivity contribution in [3.63, 3.8) is 0 Å². The number of aryl methyl sites for hydroxylation is 1. The Labute approximate surface area is 118 Å². The van der Waals surface area contributed by atoms with E-state index in [0.717, 1.165) is 37.7 Å². The maximum Gasteiger partial charge on any atom is 0.234 e. The lowest BCUT2D eigenvalue weighted by molar-refractivity contribution is -0.123. The molecule has 3 heterocycles. The maximum absolute atomic E-state index is 11.9. The number of nitrogens with zero attached hydrogens (tertiary/aromatic N) is 4. The van der Waals surface area contributed by atoms with Crippen LogP contribution in [0.1, 0.15) is 24.5 Å². The summed E-state index contributed by atoms with van der Waals surface area (Å²) in [5.74, 6) is 1.96. The third-order valence-corrected chi connectivity index (χ3v) is 3.85. The minimum absolute atomic E-state index is 0.0417. The second-order valence-corrected chi connectivity index (χ2v) is 5.31. The Morgan fingerprint density at radius 2 is 2.05 bits per heavy atom. The Morgan fingerprint density at radius 1 is 1.20 bits per heavy atom. The number of morpholine rings is 1. The van der Waals surface area contributed by atoms with Crippen molar-refractivity contribution >= 4 is 5.91 Å². The fourth-order valence-electron chi connectivity index (χ4n) is 2.70. The Morgan fingerprint density at radius 3 is 2.90 bits per heavy atom. The molecule has 1 saturated heterocycles. The van der Waals surface area contributed by atoms with Gasteiger partial charge in [-0.1, -0.05) is 0 Å². The molecule has 1 aromatic rings. The maximum atomic E-state index is 11.9. The number of rotatable bonds is 4. The van der Waals surface area contributed by atoms with Crippen molar-refractivity contribution in [2.24, 2.45) is 0 Å². The minimum Gasteiger partial charge on any atom is -0.379 e. The van der Waals surface area contributed by atoms with E-state index in [1.807, 2.05) is 0 Å². The zero-order valence-electron chi connectivity index (χ0n) is 11.7. The van der Waals surface area contributed by atoms with Crippen LogP contribution < -0.4 is 5.32 Å². The first-order valence-electron chi connectivity index (χ1n) is 7.31. The molecule has 0 bridgehead atoms. The van der Waals surface area contributed by atoms with Gasteiger partial charge in [-0.25, -0.2) is 0 Å². The number of hydrogen-bond donors (Lipinski definition) is 1. The summed E-state index contributed by atoms with van der Waals surface area (Å²) in [4.78, 5) is 14.0. The van der Waals surface area contributed by atoms with Gasteiger partial charge >= 0.3 is 0 Å². The first kappa shape index (κ1) is 13.5. The molecule has 2 aliphatic heterocycles. The van der Waals surface area contributed by atoms with Crippen molar-refractivity contribution in [3.05, 3.63) is 11.6 Å². The van der Waals surface area contributed by atoms with Crippen LogP contribution >= 0.6 is 0 Å². The summed E-state index contributed by atoms with van der Waals surface area (Å²) in [7, 11) is 0. The fourth-order valence-corrected chi connectivity index (χ4v) is 2.70. The SMILES string of the molecule is O=C(CN1CCOCC1)NCc1nnc2n1CCCC2. The predicted octanol–water partition coefficient (Wildman–Crippen LogP) is -0.437. The highest BCUT2D eigenvalue weighted by Crippen LogP contribution is 2.13. The fraction of sp³-hybridized carbons (Fsp3) is 0.769. The van der Waals surface area contributed by atoms with E-state index in [1.165, 1.54) is 12.8 Å². The molecule has 0 aromatic carbocycles. The number of nitrogens with one attached hydrogen (secondary N) is 1. The lowest BCUT2D eigenvalue weighted by Crippen LogP contribution is -2.43. The minimum atomic E-state index is 0.0417. The van der Waals surface area contributed by atoms with E-state index >= 15 is 0 Å². The van der Waals surface area contributed by atoms with Gasteiger partial charge in [-0.3, -0.25) is 9.69 Å². The van der Waals surface area contributed by atoms with Crippen LogP contribution in [0.15, 0.2) is 0 Å².